The Balaban J connectivity index is 1.90. The van der Waals surface area contributed by atoms with Crippen molar-refractivity contribution in [1.29, 1.82) is 0 Å². The van der Waals surface area contributed by atoms with Crippen LogP contribution < -0.4 is 4.74 Å². The Kier molecular flexibility index (Phi) is 7.61. The molecular formula is C38H45OSi. The van der Waals surface area contributed by atoms with Gasteiger partial charge in [0.2, 0.25) is 0 Å². The van der Waals surface area contributed by atoms with Crippen LogP contribution in [0.2, 0.25) is 12.1 Å². The van der Waals surface area contributed by atoms with Crippen molar-refractivity contribution in [2.24, 2.45) is 0 Å². The smallest absolute Gasteiger partial charge is 0.135 e. The molecule has 0 spiro atoms. The largest absolute Gasteiger partial charge is 0.488 e. The van der Waals surface area contributed by atoms with Crippen molar-refractivity contribution in [2.45, 2.75) is 83.8 Å². The molecule has 1 atom stereocenters. The Bertz CT molecular complexity index is 1560. The second-order valence-electron chi connectivity index (χ2n) is 13.3. The molecule has 0 amide bonds. The number of hydrogen-bond acceptors (Lipinski definition) is 1. The third-order valence-electron chi connectivity index (χ3n) is 8.69. The van der Waals surface area contributed by atoms with Gasteiger partial charge in [-0.05, 0) is 55.2 Å². The van der Waals surface area contributed by atoms with E-state index in [2.05, 4.69) is 129 Å². The molecule has 4 aromatic rings. The van der Waals surface area contributed by atoms with E-state index in [4.69, 9.17) is 4.74 Å². The topological polar surface area (TPSA) is 9.23 Å². The van der Waals surface area contributed by atoms with Gasteiger partial charge in [0.15, 0.2) is 0 Å². The fourth-order valence-electron chi connectivity index (χ4n) is 6.34. The molecule has 1 aliphatic rings. The Labute approximate surface area is 243 Å². The molecule has 0 bridgehead atoms. The van der Waals surface area contributed by atoms with Crippen molar-refractivity contribution in [3.63, 3.8) is 0 Å². The lowest BCUT2D eigenvalue weighted by molar-refractivity contribution is 0.369. The van der Waals surface area contributed by atoms with Gasteiger partial charge < -0.3 is 4.74 Å². The lowest BCUT2D eigenvalue weighted by Gasteiger charge is -2.27. The number of fused-ring (bicyclic) bond motifs is 4. The molecular weight excluding hydrogens is 501 g/mol. The van der Waals surface area contributed by atoms with Crippen LogP contribution in [0.5, 0.6) is 5.75 Å². The SMILES string of the molecule is C=CCOc1c(-c2cc(C(C)(C)C)cc3c2C([Si](CC)CC)c2ccc(C(C)(C)C)cc2-3)ccc2ccccc12. The molecule has 2 heteroatoms. The third-order valence-corrected chi connectivity index (χ3v) is 11.9. The Hall–Kier alpha value is -3.10. The fourth-order valence-corrected chi connectivity index (χ4v) is 9.07. The minimum absolute atomic E-state index is 0.0198. The fraction of sp³-hybridized carbons (Fsp3) is 0.368. The van der Waals surface area contributed by atoms with Crippen LogP contribution in [0.3, 0.4) is 0 Å². The van der Waals surface area contributed by atoms with Crippen LogP contribution in [-0.4, -0.2) is 15.4 Å². The van der Waals surface area contributed by atoms with Crippen LogP contribution in [0.4, 0.5) is 0 Å². The maximum atomic E-state index is 6.52. The first-order chi connectivity index (χ1) is 19.0. The van der Waals surface area contributed by atoms with Crippen molar-refractivity contribution in [1.82, 2.24) is 0 Å². The standard InChI is InChI=1S/C38H45OSi/c1-10-21-39-35-28-16-14-13-15-25(28)17-19-29(35)32-23-27(38(7,8)9)24-33-31-22-26(37(4,5)6)18-20-30(31)36(34(32)33)40(11-2)12-3/h10,13-20,22-24,36H,1,11-12,21H2,2-9H3. The summed E-state index contributed by atoms with van der Waals surface area (Å²) < 4.78 is 6.52. The quantitative estimate of drug-likeness (QED) is 0.166. The predicted molar refractivity (Wildman–Crippen MR) is 176 cm³/mol. The van der Waals surface area contributed by atoms with Gasteiger partial charge in [-0.15, -0.1) is 0 Å². The highest BCUT2D eigenvalue weighted by atomic mass is 28.3. The van der Waals surface area contributed by atoms with E-state index in [1.54, 1.807) is 0 Å². The van der Waals surface area contributed by atoms with Gasteiger partial charge in [0, 0.05) is 16.5 Å². The first-order valence-electron chi connectivity index (χ1n) is 14.9. The van der Waals surface area contributed by atoms with Crippen molar-refractivity contribution in [3.05, 3.63) is 102 Å². The van der Waals surface area contributed by atoms with E-state index in [1.165, 1.54) is 62.0 Å². The van der Waals surface area contributed by atoms with Gasteiger partial charge in [-0.25, -0.2) is 0 Å². The van der Waals surface area contributed by atoms with Gasteiger partial charge in [-0.3, -0.25) is 0 Å². The van der Waals surface area contributed by atoms with Crippen LogP contribution in [0, 0.1) is 0 Å². The van der Waals surface area contributed by atoms with Crippen molar-refractivity contribution in [3.8, 4) is 28.0 Å². The molecule has 1 aliphatic carbocycles. The van der Waals surface area contributed by atoms with E-state index >= 15 is 0 Å². The molecule has 40 heavy (non-hydrogen) atoms. The van der Waals surface area contributed by atoms with Crippen LogP contribution in [0.1, 0.15) is 83.2 Å². The molecule has 0 aromatic heterocycles. The van der Waals surface area contributed by atoms with Crippen LogP contribution in [0.25, 0.3) is 33.0 Å². The molecule has 0 saturated carbocycles. The van der Waals surface area contributed by atoms with E-state index in [0.717, 1.165) is 11.1 Å². The zero-order valence-electron chi connectivity index (χ0n) is 25.7. The molecule has 0 N–H and O–H groups in total. The minimum Gasteiger partial charge on any atom is -0.488 e. The van der Waals surface area contributed by atoms with Gasteiger partial charge in [-0.1, -0.05) is 147 Å². The molecule has 4 aromatic carbocycles. The van der Waals surface area contributed by atoms with Gasteiger partial charge in [0.05, 0.1) is 8.80 Å². The highest BCUT2D eigenvalue weighted by Crippen LogP contribution is 2.54. The Morgan fingerprint density at radius 3 is 2.00 bits per heavy atom. The summed E-state index contributed by atoms with van der Waals surface area (Å²) in [5.41, 5.74) is 11.8. The van der Waals surface area contributed by atoms with Crippen LogP contribution >= 0.6 is 0 Å². The number of hydrogen-bond donors (Lipinski definition) is 0. The number of rotatable bonds is 7. The second-order valence-corrected chi connectivity index (χ2v) is 16.7. The van der Waals surface area contributed by atoms with E-state index in [0.29, 0.717) is 12.1 Å². The Morgan fingerprint density at radius 2 is 1.38 bits per heavy atom. The van der Waals surface area contributed by atoms with Crippen molar-refractivity contribution >= 4 is 19.6 Å². The lowest BCUT2D eigenvalue weighted by Crippen LogP contribution is -2.22. The monoisotopic (exact) mass is 545 g/mol. The van der Waals surface area contributed by atoms with Gasteiger partial charge in [0.25, 0.3) is 0 Å². The normalized spacial score (nSPS) is 14.9. The van der Waals surface area contributed by atoms with E-state index in [9.17, 15) is 0 Å². The van der Waals surface area contributed by atoms with Crippen LogP contribution in [-0.2, 0) is 10.8 Å². The third kappa shape index (κ3) is 4.96. The van der Waals surface area contributed by atoms with Crippen molar-refractivity contribution < 1.29 is 4.74 Å². The van der Waals surface area contributed by atoms with E-state index in [1.807, 2.05) is 6.08 Å². The zero-order valence-corrected chi connectivity index (χ0v) is 26.7. The van der Waals surface area contributed by atoms with Gasteiger partial charge >= 0.3 is 0 Å². The van der Waals surface area contributed by atoms with E-state index < -0.39 is 8.80 Å². The zero-order chi connectivity index (χ0) is 28.8. The summed E-state index contributed by atoms with van der Waals surface area (Å²) in [7, 11) is -0.677. The first-order valence-corrected chi connectivity index (χ1v) is 16.9. The summed E-state index contributed by atoms with van der Waals surface area (Å²) in [6.07, 6.45) is 1.85. The molecule has 207 valence electrons. The summed E-state index contributed by atoms with van der Waals surface area (Å²) in [5.74, 6) is 0.970. The highest BCUT2D eigenvalue weighted by Gasteiger charge is 2.38. The predicted octanol–water partition coefficient (Wildman–Crippen LogP) is 10.9. The highest BCUT2D eigenvalue weighted by molar-refractivity contribution is 6.61. The van der Waals surface area contributed by atoms with Gasteiger partial charge in [-0.2, -0.15) is 0 Å². The average molecular weight is 546 g/mol. The lowest BCUT2D eigenvalue weighted by atomic mass is 9.81. The molecule has 0 fully saturated rings. The summed E-state index contributed by atoms with van der Waals surface area (Å²) in [6, 6.07) is 28.0. The summed E-state index contributed by atoms with van der Waals surface area (Å²) in [5, 5.41) is 2.37. The molecule has 0 aliphatic heterocycles. The first kappa shape index (κ1) is 28.4. The maximum Gasteiger partial charge on any atom is 0.135 e. The molecule has 0 saturated heterocycles. The Morgan fingerprint density at radius 1 is 0.750 bits per heavy atom. The summed E-state index contributed by atoms with van der Waals surface area (Å²) in [6.45, 7) is 23.2. The molecule has 1 nitrogen and oxygen atoms in total. The second kappa shape index (κ2) is 10.7. The molecule has 5 rings (SSSR count). The number of benzene rings is 4. The molecule has 1 radical (unpaired) electrons. The number of ether oxygens (including phenoxy) is 1. The van der Waals surface area contributed by atoms with E-state index in [-0.39, 0.29) is 10.8 Å². The van der Waals surface area contributed by atoms with Crippen molar-refractivity contribution in [2.75, 3.05) is 6.61 Å². The summed E-state index contributed by atoms with van der Waals surface area (Å²) in [4.78, 5) is 0. The molecule has 1 unspecified atom stereocenters. The summed E-state index contributed by atoms with van der Waals surface area (Å²) >= 11 is 0. The van der Waals surface area contributed by atoms with Crippen LogP contribution in [0.15, 0.2) is 79.4 Å². The minimum atomic E-state index is -0.677. The molecule has 0 heterocycles. The van der Waals surface area contributed by atoms with Gasteiger partial charge in [0.1, 0.15) is 12.4 Å². The maximum absolute atomic E-state index is 6.52. The average Bonchev–Trinajstić information content (AvgIpc) is 3.25.